The Balaban J connectivity index is 1.76. The number of rotatable bonds is 5. The first-order chi connectivity index (χ1) is 12.1. The minimum atomic E-state index is -0.112. The van der Waals surface area contributed by atoms with Crippen LogP contribution < -0.4 is 16.0 Å². The molecule has 6 nitrogen and oxygen atoms in total. The van der Waals surface area contributed by atoms with E-state index < -0.39 is 0 Å². The van der Waals surface area contributed by atoms with Crippen molar-refractivity contribution in [3.63, 3.8) is 0 Å². The number of carbonyl (C=O) groups excluding carboxylic acids is 1. The lowest BCUT2D eigenvalue weighted by Gasteiger charge is -2.10. The summed E-state index contributed by atoms with van der Waals surface area (Å²) in [6.07, 6.45) is 1.49. The van der Waals surface area contributed by atoms with Gasteiger partial charge in [0.15, 0.2) is 0 Å². The molecule has 0 aliphatic carbocycles. The van der Waals surface area contributed by atoms with Crippen LogP contribution in [0, 0.1) is 0 Å². The molecule has 1 heterocycles. The van der Waals surface area contributed by atoms with Crippen LogP contribution in [0.4, 0.5) is 28.7 Å². The van der Waals surface area contributed by atoms with Crippen molar-refractivity contribution in [2.24, 2.45) is 0 Å². The van der Waals surface area contributed by atoms with Crippen molar-refractivity contribution in [1.82, 2.24) is 9.97 Å². The second-order valence-electron chi connectivity index (χ2n) is 5.28. The number of carbonyl (C=O) groups is 1. The topological polar surface area (TPSA) is 78.9 Å². The minimum Gasteiger partial charge on any atom is -0.340 e. The van der Waals surface area contributed by atoms with Gasteiger partial charge in [-0.05, 0) is 46.3 Å². The fraction of sp³-hybridized carbons (Fsp3) is 0.0556. The lowest BCUT2D eigenvalue weighted by Crippen LogP contribution is -2.06. The molecule has 3 N–H and O–H groups in total. The first-order valence-corrected chi connectivity index (χ1v) is 8.38. The molecule has 0 saturated carbocycles. The summed E-state index contributed by atoms with van der Waals surface area (Å²) in [5.74, 6) is 1.20. The average Bonchev–Trinajstić information content (AvgIpc) is 2.57. The second-order valence-corrected chi connectivity index (χ2v) is 6.13. The molecule has 7 heteroatoms. The van der Waals surface area contributed by atoms with Crippen molar-refractivity contribution < 1.29 is 4.79 Å². The van der Waals surface area contributed by atoms with Gasteiger partial charge in [0, 0.05) is 28.8 Å². The van der Waals surface area contributed by atoms with E-state index in [4.69, 9.17) is 0 Å². The van der Waals surface area contributed by atoms with E-state index in [1.807, 2.05) is 54.6 Å². The van der Waals surface area contributed by atoms with Gasteiger partial charge in [-0.1, -0.05) is 18.2 Å². The Morgan fingerprint density at radius 1 is 0.920 bits per heavy atom. The Bertz CT molecular complexity index is 900. The van der Waals surface area contributed by atoms with Crippen LogP contribution in [0.25, 0.3) is 0 Å². The van der Waals surface area contributed by atoms with Gasteiger partial charge in [-0.3, -0.25) is 4.79 Å². The van der Waals surface area contributed by atoms with Gasteiger partial charge in [-0.2, -0.15) is 0 Å². The molecule has 2 aromatic carbocycles. The average molecular weight is 398 g/mol. The van der Waals surface area contributed by atoms with E-state index in [2.05, 4.69) is 41.8 Å². The zero-order valence-electron chi connectivity index (χ0n) is 13.5. The molecule has 0 radical (unpaired) electrons. The summed E-state index contributed by atoms with van der Waals surface area (Å²) in [6, 6.07) is 17.0. The molecule has 0 saturated heterocycles. The number of hydrogen-bond donors (Lipinski definition) is 3. The summed E-state index contributed by atoms with van der Waals surface area (Å²) in [6.45, 7) is 1.48. The summed E-state index contributed by atoms with van der Waals surface area (Å²) in [7, 11) is 0. The number of nitrogens with one attached hydrogen (secondary N) is 3. The number of para-hydroxylation sites is 1. The van der Waals surface area contributed by atoms with Crippen LogP contribution in [0.1, 0.15) is 6.92 Å². The molecule has 0 aliphatic heterocycles. The van der Waals surface area contributed by atoms with Crippen LogP contribution in [0.5, 0.6) is 0 Å². The first kappa shape index (κ1) is 16.9. The third kappa shape index (κ3) is 4.77. The minimum absolute atomic E-state index is 0.112. The van der Waals surface area contributed by atoms with Crippen molar-refractivity contribution >= 4 is 50.5 Å². The molecule has 0 atom stereocenters. The van der Waals surface area contributed by atoms with Crippen molar-refractivity contribution in [1.29, 1.82) is 0 Å². The molecule has 0 bridgehead atoms. The van der Waals surface area contributed by atoms with Crippen LogP contribution in [-0.2, 0) is 4.79 Å². The van der Waals surface area contributed by atoms with E-state index in [9.17, 15) is 4.79 Å². The summed E-state index contributed by atoms with van der Waals surface area (Å²) < 4.78 is 0.950. The fourth-order valence-corrected chi connectivity index (χ4v) is 2.60. The van der Waals surface area contributed by atoms with E-state index >= 15 is 0 Å². The van der Waals surface area contributed by atoms with Gasteiger partial charge in [0.1, 0.15) is 18.0 Å². The number of nitrogens with zero attached hydrogens (tertiary/aromatic N) is 2. The SMILES string of the molecule is CC(=O)Nc1cccc(Nc2cc(Nc3ccccc3Br)ncn2)c1. The van der Waals surface area contributed by atoms with Crippen LogP contribution in [-0.4, -0.2) is 15.9 Å². The van der Waals surface area contributed by atoms with Gasteiger partial charge >= 0.3 is 0 Å². The van der Waals surface area contributed by atoms with Crippen molar-refractivity contribution in [3.05, 3.63) is 65.4 Å². The molecule has 3 aromatic rings. The van der Waals surface area contributed by atoms with Gasteiger partial charge < -0.3 is 16.0 Å². The number of amides is 1. The predicted octanol–water partition coefficient (Wildman–Crippen LogP) is 4.68. The second kappa shape index (κ2) is 7.76. The number of halogens is 1. The normalized spacial score (nSPS) is 10.2. The molecule has 0 spiro atoms. The summed E-state index contributed by atoms with van der Waals surface area (Å²) in [5.41, 5.74) is 2.45. The zero-order chi connectivity index (χ0) is 17.6. The van der Waals surface area contributed by atoms with E-state index in [1.165, 1.54) is 13.3 Å². The Hall–Kier alpha value is -2.93. The highest BCUT2D eigenvalue weighted by atomic mass is 79.9. The fourth-order valence-electron chi connectivity index (χ4n) is 2.22. The van der Waals surface area contributed by atoms with Crippen LogP contribution in [0.3, 0.4) is 0 Å². The molecule has 1 aromatic heterocycles. The summed E-state index contributed by atoms with van der Waals surface area (Å²) >= 11 is 3.50. The van der Waals surface area contributed by atoms with E-state index in [1.54, 1.807) is 0 Å². The third-order valence-electron chi connectivity index (χ3n) is 3.26. The number of benzene rings is 2. The highest BCUT2D eigenvalue weighted by Crippen LogP contribution is 2.26. The summed E-state index contributed by atoms with van der Waals surface area (Å²) in [4.78, 5) is 19.6. The maximum Gasteiger partial charge on any atom is 0.221 e. The van der Waals surface area contributed by atoms with E-state index in [0.29, 0.717) is 11.6 Å². The smallest absolute Gasteiger partial charge is 0.221 e. The maximum atomic E-state index is 11.2. The van der Waals surface area contributed by atoms with Crippen molar-refractivity contribution in [2.45, 2.75) is 6.92 Å². The van der Waals surface area contributed by atoms with Gasteiger partial charge in [0.2, 0.25) is 5.91 Å². The van der Waals surface area contributed by atoms with Crippen molar-refractivity contribution in [3.8, 4) is 0 Å². The first-order valence-electron chi connectivity index (χ1n) is 7.58. The Morgan fingerprint density at radius 2 is 1.64 bits per heavy atom. The maximum absolute atomic E-state index is 11.2. The highest BCUT2D eigenvalue weighted by Gasteiger charge is 2.04. The molecule has 1 amide bonds. The Morgan fingerprint density at radius 3 is 2.40 bits per heavy atom. The summed E-state index contributed by atoms with van der Waals surface area (Å²) in [5, 5.41) is 9.20. The molecular weight excluding hydrogens is 382 g/mol. The van der Waals surface area contributed by atoms with Gasteiger partial charge in [-0.25, -0.2) is 9.97 Å². The van der Waals surface area contributed by atoms with Crippen molar-refractivity contribution in [2.75, 3.05) is 16.0 Å². The standard InChI is InChI=1S/C18H16BrN5O/c1-12(25)22-13-5-4-6-14(9-13)23-17-10-18(21-11-20-17)24-16-8-3-2-7-15(16)19/h2-11H,1H3,(H,22,25)(H2,20,21,23,24). The molecule has 25 heavy (non-hydrogen) atoms. The van der Waals surface area contributed by atoms with Gasteiger partial charge in [0.25, 0.3) is 0 Å². The van der Waals surface area contributed by atoms with Gasteiger partial charge in [0.05, 0.1) is 5.69 Å². The van der Waals surface area contributed by atoms with Crippen LogP contribution in [0.15, 0.2) is 65.4 Å². The van der Waals surface area contributed by atoms with Crippen LogP contribution in [0.2, 0.25) is 0 Å². The molecule has 126 valence electrons. The zero-order valence-corrected chi connectivity index (χ0v) is 15.0. The van der Waals surface area contributed by atoms with E-state index in [-0.39, 0.29) is 5.91 Å². The molecule has 3 rings (SSSR count). The highest BCUT2D eigenvalue weighted by molar-refractivity contribution is 9.10. The van der Waals surface area contributed by atoms with E-state index in [0.717, 1.165) is 21.5 Å². The largest absolute Gasteiger partial charge is 0.340 e. The van der Waals surface area contributed by atoms with Gasteiger partial charge in [-0.15, -0.1) is 0 Å². The quantitative estimate of drug-likeness (QED) is 0.582. The number of anilines is 5. The molecule has 0 aliphatic rings. The predicted molar refractivity (Wildman–Crippen MR) is 103 cm³/mol. The number of hydrogen-bond acceptors (Lipinski definition) is 5. The Kier molecular flexibility index (Phi) is 5.25. The molecule has 0 fully saturated rings. The molecule has 0 unspecified atom stereocenters. The lowest BCUT2D eigenvalue weighted by atomic mass is 10.2. The molecular formula is C18H16BrN5O. The van der Waals surface area contributed by atoms with Crippen LogP contribution >= 0.6 is 15.9 Å². The lowest BCUT2D eigenvalue weighted by molar-refractivity contribution is -0.114. The third-order valence-corrected chi connectivity index (χ3v) is 3.95. The number of aromatic nitrogens is 2. The Labute approximate surface area is 153 Å². The monoisotopic (exact) mass is 397 g/mol.